The summed E-state index contributed by atoms with van der Waals surface area (Å²) in [5.74, 6) is -0.136. The minimum atomic E-state index is -0.888. The van der Waals surface area contributed by atoms with Crippen LogP contribution in [0.25, 0.3) is 22.5 Å². The molecule has 1 heterocycles. The molecule has 1 aromatic heterocycles. The number of hydrogen-bond donors (Lipinski definition) is 1. The number of ether oxygens (including phenoxy) is 1. The van der Waals surface area contributed by atoms with Gasteiger partial charge in [0, 0.05) is 17.7 Å². The Kier molecular flexibility index (Phi) is 6.87. The molecule has 0 aliphatic rings. The molecule has 0 aliphatic heterocycles. The largest absolute Gasteiger partial charge is 0.493 e. The molecule has 158 valence electrons. The SMILES string of the molecule is CCCOc1ccc(CC(=O)O)cc1-c1cc(-c2ccc(F)cc2)n(CC(C)C)n1. The molecule has 1 N–H and O–H groups in total. The van der Waals surface area contributed by atoms with Gasteiger partial charge in [0.15, 0.2) is 0 Å². The maximum Gasteiger partial charge on any atom is 0.307 e. The highest BCUT2D eigenvalue weighted by Gasteiger charge is 2.17. The molecular weight excluding hydrogens is 383 g/mol. The van der Waals surface area contributed by atoms with Crippen LogP contribution in [-0.4, -0.2) is 27.5 Å². The van der Waals surface area contributed by atoms with Gasteiger partial charge in [0.1, 0.15) is 11.6 Å². The van der Waals surface area contributed by atoms with Crippen LogP contribution >= 0.6 is 0 Å². The zero-order valence-corrected chi connectivity index (χ0v) is 17.6. The molecule has 0 amide bonds. The van der Waals surface area contributed by atoms with Gasteiger partial charge in [-0.15, -0.1) is 0 Å². The van der Waals surface area contributed by atoms with E-state index < -0.39 is 5.97 Å². The smallest absolute Gasteiger partial charge is 0.307 e. The van der Waals surface area contributed by atoms with Crippen LogP contribution < -0.4 is 4.74 Å². The van der Waals surface area contributed by atoms with Crippen molar-refractivity contribution in [1.82, 2.24) is 9.78 Å². The first kappa shape index (κ1) is 21.6. The van der Waals surface area contributed by atoms with Gasteiger partial charge in [0.2, 0.25) is 0 Å². The second-order valence-electron chi connectivity index (χ2n) is 7.75. The molecule has 0 saturated carbocycles. The normalized spacial score (nSPS) is 11.1. The summed E-state index contributed by atoms with van der Waals surface area (Å²) in [6, 6.07) is 13.7. The van der Waals surface area contributed by atoms with E-state index in [-0.39, 0.29) is 12.2 Å². The molecule has 0 unspecified atom stereocenters. The molecular formula is C24H27FN2O3. The Bertz CT molecular complexity index is 1010. The van der Waals surface area contributed by atoms with Crippen molar-refractivity contribution in [3.05, 3.63) is 59.9 Å². The summed E-state index contributed by atoms with van der Waals surface area (Å²) in [6.07, 6.45) is 0.789. The fourth-order valence-corrected chi connectivity index (χ4v) is 3.29. The van der Waals surface area contributed by atoms with E-state index in [0.717, 1.165) is 23.2 Å². The molecule has 0 saturated heterocycles. The second-order valence-corrected chi connectivity index (χ2v) is 7.75. The van der Waals surface area contributed by atoms with Gasteiger partial charge >= 0.3 is 5.97 Å². The van der Waals surface area contributed by atoms with Gasteiger partial charge in [-0.2, -0.15) is 5.10 Å². The molecule has 2 aromatic carbocycles. The molecule has 0 atom stereocenters. The van der Waals surface area contributed by atoms with Crippen molar-refractivity contribution in [1.29, 1.82) is 0 Å². The number of halogens is 1. The van der Waals surface area contributed by atoms with Crippen LogP contribution in [0, 0.1) is 11.7 Å². The third-order valence-electron chi connectivity index (χ3n) is 4.60. The summed E-state index contributed by atoms with van der Waals surface area (Å²) >= 11 is 0. The third kappa shape index (κ3) is 5.26. The van der Waals surface area contributed by atoms with E-state index in [2.05, 4.69) is 13.8 Å². The van der Waals surface area contributed by atoms with Crippen LogP contribution in [-0.2, 0) is 17.8 Å². The van der Waals surface area contributed by atoms with Crippen LogP contribution in [0.3, 0.4) is 0 Å². The summed E-state index contributed by atoms with van der Waals surface area (Å²) in [5.41, 5.74) is 3.89. The van der Waals surface area contributed by atoms with Gasteiger partial charge in [0.05, 0.1) is 24.4 Å². The van der Waals surface area contributed by atoms with E-state index >= 15 is 0 Å². The molecule has 3 rings (SSSR count). The standard InChI is InChI=1S/C24H27FN2O3/c1-4-11-30-23-10-5-17(13-24(28)29)12-20(23)21-14-22(27(26-21)15-16(2)3)18-6-8-19(25)9-7-18/h5-10,12,14,16H,4,11,13,15H2,1-3H3,(H,28,29). The molecule has 0 spiro atoms. The molecule has 6 heteroatoms. The fourth-order valence-electron chi connectivity index (χ4n) is 3.29. The van der Waals surface area contributed by atoms with Crippen molar-refractivity contribution in [2.45, 2.75) is 40.2 Å². The molecule has 3 aromatic rings. The summed E-state index contributed by atoms with van der Waals surface area (Å²) in [6.45, 7) is 7.51. The van der Waals surface area contributed by atoms with Crippen LogP contribution in [0.5, 0.6) is 5.75 Å². The van der Waals surface area contributed by atoms with Gasteiger partial charge < -0.3 is 9.84 Å². The van der Waals surface area contributed by atoms with E-state index in [0.29, 0.717) is 36.1 Å². The van der Waals surface area contributed by atoms with Crippen molar-refractivity contribution >= 4 is 5.97 Å². The number of aromatic nitrogens is 2. The Balaban J connectivity index is 2.11. The van der Waals surface area contributed by atoms with E-state index in [1.165, 1.54) is 12.1 Å². The molecule has 0 bridgehead atoms. The van der Waals surface area contributed by atoms with Crippen molar-refractivity contribution in [2.24, 2.45) is 5.92 Å². The van der Waals surface area contributed by atoms with E-state index in [4.69, 9.17) is 9.84 Å². The van der Waals surface area contributed by atoms with Gasteiger partial charge in [-0.25, -0.2) is 4.39 Å². The molecule has 0 aliphatic carbocycles. The second kappa shape index (κ2) is 9.57. The average Bonchev–Trinajstić information content (AvgIpc) is 3.10. The lowest BCUT2D eigenvalue weighted by atomic mass is 10.0. The Hall–Kier alpha value is -3.15. The number of rotatable bonds is 9. The van der Waals surface area contributed by atoms with Crippen molar-refractivity contribution in [3.8, 4) is 28.3 Å². The molecule has 0 radical (unpaired) electrons. The van der Waals surface area contributed by atoms with E-state index in [9.17, 15) is 14.3 Å². The first-order valence-corrected chi connectivity index (χ1v) is 10.2. The number of carboxylic acid groups (broad SMARTS) is 1. The van der Waals surface area contributed by atoms with Gasteiger partial charge in [0.25, 0.3) is 0 Å². The average molecular weight is 410 g/mol. The van der Waals surface area contributed by atoms with Gasteiger partial charge in [-0.3, -0.25) is 9.48 Å². The highest BCUT2D eigenvalue weighted by molar-refractivity contribution is 5.76. The zero-order valence-electron chi connectivity index (χ0n) is 17.6. The Labute approximate surface area is 176 Å². The number of hydrogen-bond acceptors (Lipinski definition) is 3. The molecule has 0 fully saturated rings. The topological polar surface area (TPSA) is 64.3 Å². The lowest BCUT2D eigenvalue weighted by Gasteiger charge is -2.11. The van der Waals surface area contributed by atoms with E-state index in [1.54, 1.807) is 18.2 Å². The first-order chi connectivity index (χ1) is 14.4. The minimum Gasteiger partial charge on any atom is -0.493 e. The Morgan fingerprint density at radius 1 is 1.17 bits per heavy atom. The van der Waals surface area contributed by atoms with Crippen molar-refractivity contribution in [2.75, 3.05) is 6.61 Å². The number of benzene rings is 2. The lowest BCUT2D eigenvalue weighted by Crippen LogP contribution is -2.08. The Morgan fingerprint density at radius 3 is 2.53 bits per heavy atom. The van der Waals surface area contributed by atoms with Crippen LogP contribution in [0.15, 0.2) is 48.5 Å². The highest BCUT2D eigenvalue weighted by Crippen LogP contribution is 2.34. The predicted molar refractivity (Wildman–Crippen MR) is 115 cm³/mol. The van der Waals surface area contributed by atoms with Crippen LogP contribution in [0.2, 0.25) is 0 Å². The predicted octanol–water partition coefficient (Wildman–Crippen LogP) is 5.43. The molecule has 30 heavy (non-hydrogen) atoms. The number of aliphatic carboxylic acids is 1. The summed E-state index contributed by atoms with van der Waals surface area (Å²) in [7, 11) is 0. The summed E-state index contributed by atoms with van der Waals surface area (Å²) < 4.78 is 21.2. The van der Waals surface area contributed by atoms with Gasteiger partial charge in [-0.05, 0) is 60.4 Å². The Morgan fingerprint density at radius 2 is 1.90 bits per heavy atom. The molecule has 5 nitrogen and oxygen atoms in total. The minimum absolute atomic E-state index is 0.0709. The maximum atomic E-state index is 13.4. The number of carboxylic acids is 1. The van der Waals surface area contributed by atoms with Crippen molar-refractivity contribution < 1.29 is 19.0 Å². The summed E-state index contributed by atoms with van der Waals surface area (Å²) in [5, 5.41) is 14.0. The van der Waals surface area contributed by atoms with Gasteiger partial charge in [-0.1, -0.05) is 26.8 Å². The number of carbonyl (C=O) groups is 1. The monoisotopic (exact) mass is 410 g/mol. The highest BCUT2D eigenvalue weighted by atomic mass is 19.1. The zero-order chi connectivity index (χ0) is 21.7. The van der Waals surface area contributed by atoms with Crippen LogP contribution in [0.1, 0.15) is 32.8 Å². The van der Waals surface area contributed by atoms with Crippen LogP contribution in [0.4, 0.5) is 4.39 Å². The first-order valence-electron chi connectivity index (χ1n) is 10.2. The maximum absolute atomic E-state index is 13.4. The quantitative estimate of drug-likeness (QED) is 0.511. The number of nitrogens with zero attached hydrogens (tertiary/aromatic N) is 2. The third-order valence-corrected chi connectivity index (χ3v) is 4.60. The lowest BCUT2D eigenvalue weighted by molar-refractivity contribution is -0.136. The summed E-state index contributed by atoms with van der Waals surface area (Å²) in [4.78, 5) is 11.2. The fraction of sp³-hybridized carbons (Fsp3) is 0.333. The van der Waals surface area contributed by atoms with Crippen molar-refractivity contribution in [3.63, 3.8) is 0 Å². The van der Waals surface area contributed by atoms with E-state index in [1.807, 2.05) is 29.8 Å².